The number of nitrogens with two attached hydrogens (primary N) is 1. The quantitative estimate of drug-likeness (QED) is 0.0875. The molecule has 1 aliphatic heterocycles. The van der Waals surface area contributed by atoms with E-state index in [1.165, 1.54) is 56.5 Å². The average Bonchev–Trinajstić information content (AvgIpc) is 3.06. The maximum absolute atomic E-state index is 13.9. The number of aliphatic hydroxyl groups excluding tert-OH is 1. The van der Waals surface area contributed by atoms with Crippen molar-refractivity contribution in [1.82, 2.24) is 5.43 Å². The number of nitrogens with zero attached hydrogens (tertiary/aromatic N) is 1. The Labute approximate surface area is 286 Å². The SMILES string of the molecule is COc1cccc2c1C(=O)c1c(O)c3c(c(O)c1C2=O)C[C@@](O)(C(C)=NNC(=O)c1ccc(O)cc1)C[C@@H]3OC1CC(N)C(O)C(C)O1.Cl. The summed E-state index contributed by atoms with van der Waals surface area (Å²) in [5, 5.41) is 59.5. The maximum atomic E-state index is 13.9. The van der Waals surface area contributed by atoms with Crippen molar-refractivity contribution in [2.45, 2.75) is 69.4 Å². The number of rotatable bonds is 6. The lowest BCUT2D eigenvalue weighted by atomic mass is 9.71. The van der Waals surface area contributed by atoms with Crippen LogP contribution in [0.15, 0.2) is 47.6 Å². The van der Waals surface area contributed by atoms with E-state index in [0.29, 0.717) is 0 Å². The molecule has 0 radical (unpaired) electrons. The van der Waals surface area contributed by atoms with Crippen LogP contribution in [0.5, 0.6) is 23.0 Å². The Morgan fingerprint density at radius 3 is 2.37 bits per heavy atom. The smallest absolute Gasteiger partial charge is 0.271 e. The van der Waals surface area contributed by atoms with Crippen molar-refractivity contribution < 1.29 is 54.1 Å². The van der Waals surface area contributed by atoms with E-state index in [2.05, 4.69) is 10.5 Å². The number of halogens is 1. The highest BCUT2D eigenvalue weighted by atomic mass is 35.5. The topological polar surface area (TPSA) is 230 Å². The molecule has 8 N–H and O–H groups in total. The third kappa shape index (κ3) is 6.11. The summed E-state index contributed by atoms with van der Waals surface area (Å²) in [6.45, 7) is 3.05. The Kier molecular flexibility index (Phi) is 9.76. The molecular formula is C34H36ClN3O11. The van der Waals surface area contributed by atoms with Crippen molar-refractivity contribution in [2.75, 3.05) is 7.11 Å². The Balaban J connectivity index is 0.00000468. The summed E-state index contributed by atoms with van der Waals surface area (Å²) < 4.78 is 17.4. The zero-order chi connectivity index (χ0) is 34.7. The zero-order valence-corrected chi connectivity index (χ0v) is 27.5. The van der Waals surface area contributed by atoms with Crippen LogP contribution in [0.1, 0.15) is 86.1 Å². The van der Waals surface area contributed by atoms with Gasteiger partial charge in [0.05, 0.1) is 47.8 Å². The van der Waals surface area contributed by atoms with Gasteiger partial charge in [-0.2, -0.15) is 5.10 Å². The standard InChI is InChI=1S/C34H35N3O11.ClH/c1-14-28(39)20(35)11-23(47-14)48-22-13-34(45,15(2)36-37-33(44)16-7-9-17(38)10-8-16)12-19-25(22)32(43)27-26(30(19)41)29(40)18-5-4-6-21(46-3)24(18)31(27)42;/h4-10,14,20,22-23,28,38-39,41,43,45H,11-13,35H2,1-3H3,(H,37,44);1H/t14?,20?,22-,23?,28?,34-;/m0./s1. The number of ketones is 2. The first-order valence-electron chi connectivity index (χ1n) is 15.2. The predicted octanol–water partition coefficient (Wildman–Crippen LogP) is 2.37. The van der Waals surface area contributed by atoms with Crippen molar-refractivity contribution in [3.63, 3.8) is 0 Å². The molecule has 4 unspecified atom stereocenters. The summed E-state index contributed by atoms with van der Waals surface area (Å²) in [6, 6.07) is 9.12. The number of hydrogen-bond acceptors (Lipinski definition) is 13. The zero-order valence-electron chi connectivity index (χ0n) is 26.7. The lowest BCUT2D eigenvalue weighted by Gasteiger charge is -2.42. The van der Waals surface area contributed by atoms with Crippen LogP contribution < -0.4 is 15.9 Å². The summed E-state index contributed by atoms with van der Waals surface area (Å²) in [7, 11) is 1.33. The molecule has 0 bridgehead atoms. The van der Waals surface area contributed by atoms with Gasteiger partial charge < -0.3 is 45.5 Å². The number of amides is 1. The van der Waals surface area contributed by atoms with Gasteiger partial charge in [-0.25, -0.2) is 5.43 Å². The van der Waals surface area contributed by atoms with E-state index < -0.39 is 82.8 Å². The highest BCUT2D eigenvalue weighted by molar-refractivity contribution is 6.31. The van der Waals surface area contributed by atoms with Crippen LogP contribution in [-0.2, 0) is 15.9 Å². The second-order valence-electron chi connectivity index (χ2n) is 12.3. The van der Waals surface area contributed by atoms with Crippen molar-refractivity contribution in [3.05, 3.63) is 81.4 Å². The fourth-order valence-electron chi connectivity index (χ4n) is 6.58. The summed E-state index contributed by atoms with van der Waals surface area (Å²) in [6.07, 6.45) is -4.68. The number of hydrazone groups is 1. The minimum Gasteiger partial charge on any atom is -0.508 e. The second-order valence-corrected chi connectivity index (χ2v) is 12.3. The van der Waals surface area contributed by atoms with E-state index in [0.717, 1.165) is 0 Å². The molecule has 0 aromatic heterocycles. The van der Waals surface area contributed by atoms with Crippen LogP contribution >= 0.6 is 12.4 Å². The normalized spacial score (nSPS) is 26.2. The number of benzene rings is 3. The first-order valence-corrected chi connectivity index (χ1v) is 15.2. The van der Waals surface area contributed by atoms with E-state index in [4.69, 9.17) is 19.9 Å². The third-order valence-corrected chi connectivity index (χ3v) is 9.27. The van der Waals surface area contributed by atoms with Crippen molar-refractivity contribution in [2.24, 2.45) is 10.8 Å². The summed E-state index contributed by atoms with van der Waals surface area (Å²) in [5.41, 5.74) is 5.61. The number of aromatic hydroxyl groups is 3. The Morgan fingerprint density at radius 2 is 1.71 bits per heavy atom. The molecule has 1 amide bonds. The largest absolute Gasteiger partial charge is 0.508 e. The van der Waals surface area contributed by atoms with Gasteiger partial charge in [-0.15, -0.1) is 12.4 Å². The van der Waals surface area contributed by atoms with Crippen molar-refractivity contribution >= 4 is 35.6 Å². The van der Waals surface area contributed by atoms with E-state index in [1.807, 2.05) is 0 Å². The van der Waals surface area contributed by atoms with Gasteiger partial charge in [0.25, 0.3) is 5.91 Å². The molecule has 1 saturated heterocycles. The van der Waals surface area contributed by atoms with Crippen LogP contribution in [0, 0.1) is 0 Å². The molecule has 6 rings (SSSR count). The number of nitrogens with one attached hydrogen (secondary N) is 1. The van der Waals surface area contributed by atoms with Crippen LogP contribution in [-0.4, -0.2) is 86.0 Å². The van der Waals surface area contributed by atoms with Gasteiger partial charge >= 0.3 is 0 Å². The highest BCUT2D eigenvalue weighted by Gasteiger charge is 2.49. The molecule has 3 aromatic carbocycles. The van der Waals surface area contributed by atoms with Crippen LogP contribution in [0.3, 0.4) is 0 Å². The second kappa shape index (κ2) is 13.4. The van der Waals surface area contributed by atoms with E-state index >= 15 is 0 Å². The lowest BCUT2D eigenvalue weighted by Crippen LogP contribution is -2.52. The third-order valence-electron chi connectivity index (χ3n) is 9.27. The maximum Gasteiger partial charge on any atom is 0.271 e. The number of ether oxygens (including phenoxy) is 3. The fourth-order valence-corrected chi connectivity index (χ4v) is 6.58. The molecule has 0 spiro atoms. The van der Waals surface area contributed by atoms with Gasteiger partial charge in [0.1, 0.15) is 28.6 Å². The molecule has 15 heteroatoms. The number of fused-ring (bicyclic) bond motifs is 3. The van der Waals surface area contributed by atoms with Crippen molar-refractivity contribution in [1.29, 1.82) is 0 Å². The Morgan fingerprint density at radius 1 is 1.04 bits per heavy atom. The number of carbonyl (C=O) groups is 3. The van der Waals surface area contributed by atoms with Gasteiger partial charge in [-0.3, -0.25) is 14.4 Å². The van der Waals surface area contributed by atoms with Gasteiger partial charge in [0, 0.05) is 47.6 Å². The minimum atomic E-state index is -1.93. The van der Waals surface area contributed by atoms with E-state index in [9.17, 15) is 39.9 Å². The Hall–Kier alpha value is -4.57. The van der Waals surface area contributed by atoms with E-state index in [1.54, 1.807) is 6.92 Å². The number of hydrogen-bond donors (Lipinski definition) is 7. The molecule has 3 aromatic rings. The first kappa shape index (κ1) is 35.7. The number of carbonyl (C=O) groups excluding carboxylic acids is 3. The average molecular weight is 698 g/mol. The van der Waals surface area contributed by atoms with E-state index in [-0.39, 0.29) is 70.3 Å². The Bertz CT molecular complexity index is 1850. The summed E-state index contributed by atoms with van der Waals surface area (Å²) in [5.74, 6) is -3.32. The monoisotopic (exact) mass is 697 g/mol. The molecule has 260 valence electrons. The summed E-state index contributed by atoms with van der Waals surface area (Å²) in [4.78, 5) is 40.4. The molecule has 1 fully saturated rings. The molecular weight excluding hydrogens is 662 g/mol. The number of aliphatic hydroxyl groups is 2. The molecule has 2 aliphatic carbocycles. The van der Waals surface area contributed by atoms with Crippen LogP contribution in [0.2, 0.25) is 0 Å². The molecule has 6 atom stereocenters. The predicted molar refractivity (Wildman–Crippen MR) is 176 cm³/mol. The fraction of sp³-hybridized carbons (Fsp3) is 0.353. The molecule has 3 aliphatic rings. The molecule has 0 saturated carbocycles. The van der Waals surface area contributed by atoms with Crippen molar-refractivity contribution in [3.8, 4) is 23.0 Å². The first-order chi connectivity index (χ1) is 22.7. The van der Waals surface area contributed by atoms with Gasteiger partial charge in [-0.1, -0.05) is 12.1 Å². The van der Waals surface area contributed by atoms with Crippen LogP contribution in [0.4, 0.5) is 0 Å². The minimum absolute atomic E-state index is 0. The highest BCUT2D eigenvalue weighted by Crippen LogP contribution is 2.52. The number of phenolic OH excluding ortho intramolecular Hbond substituents is 3. The van der Waals surface area contributed by atoms with Gasteiger partial charge in [-0.05, 0) is 44.2 Å². The van der Waals surface area contributed by atoms with Crippen LogP contribution in [0.25, 0.3) is 0 Å². The molecule has 49 heavy (non-hydrogen) atoms. The van der Waals surface area contributed by atoms with Gasteiger partial charge in [0.2, 0.25) is 5.78 Å². The lowest BCUT2D eigenvalue weighted by molar-refractivity contribution is -0.245. The number of phenols is 3. The molecule has 14 nitrogen and oxygen atoms in total. The number of methoxy groups -OCH3 is 1. The molecule has 1 heterocycles. The van der Waals surface area contributed by atoms with Gasteiger partial charge in [0.15, 0.2) is 12.1 Å². The summed E-state index contributed by atoms with van der Waals surface area (Å²) >= 11 is 0.